The summed E-state index contributed by atoms with van der Waals surface area (Å²) in [6, 6.07) is 14.6. The van der Waals surface area contributed by atoms with Crippen molar-refractivity contribution in [1.29, 1.82) is 0 Å². The summed E-state index contributed by atoms with van der Waals surface area (Å²) >= 11 is 5.58. The first kappa shape index (κ1) is 14.0. The summed E-state index contributed by atoms with van der Waals surface area (Å²) in [6.07, 6.45) is 1.12. The molecule has 0 fully saturated rings. The van der Waals surface area contributed by atoms with Gasteiger partial charge in [0.05, 0.1) is 12.5 Å². The predicted molar refractivity (Wildman–Crippen MR) is 87.2 cm³/mol. The summed E-state index contributed by atoms with van der Waals surface area (Å²) in [5, 5.41) is 0. The molecule has 0 N–H and O–H groups in total. The molecule has 1 aliphatic carbocycles. The van der Waals surface area contributed by atoms with Crippen LogP contribution in [-0.4, -0.2) is 12.5 Å². The Morgan fingerprint density at radius 1 is 1.24 bits per heavy atom. The first-order valence-corrected chi connectivity index (χ1v) is 7.67. The average Bonchev–Trinajstić information content (AvgIpc) is 2.47. The number of aryl methyl sites for hydroxylation is 1. The number of rotatable bonds is 3. The molecule has 2 aromatic carbocycles. The van der Waals surface area contributed by atoms with Crippen LogP contribution < -0.4 is 4.74 Å². The van der Waals surface area contributed by atoms with Crippen molar-refractivity contribution < 1.29 is 4.74 Å². The van der Waals surface area contributed by atoms with Crippen LogP contribution in [0.4, 0.5) is 0 Å². The van der Waals surface area contributed by atoms with Gasteiger partial charge in [-0.1, -0.05) is 36.1 Å². The Bertz CT molecular complexity index is 709. The van der Waals surface area contributed by atoms with Gasteiger partial charge in [0, 0.05) is 11.5 Å². The van der Waals surface area contributed by atoms with Crippen molar-refractivity contribution in [3.05, 3.63) is 64.7 Å². The second kappa shape index (κ2) is 6.24. The molecule has 1 atom stereocenters. The third-order valence-electron chi connectivity index (χ3n) is 3.90. The number of ether oxygens (including phenoxy) is 1. The Morgan fingerprint density at radius 2 is 2.10 bits per heavy atom. The van der Waals surface area contributed by atoms with Crippen LogP contribution in [0.5, 0.6) is 5.75 Å². The fourth-order valence-electron chi connectivity index (χ4n) is 2.70. The van der Waals surface area contributed by atoms with E-state index in [1.165, 1.54) is 11.1 Å². The number of hydrogen-bond donors (Lipinski definition) is 0. The smallest absolute Gasteiger partial charge is 0.119 e. The van der Waals surface area contributed by atoms with Crippen LogP contribution in [0.2, 0.25) is 0 Å². The summed E-state index contributed by atoms with van der Waals surface area (Å²) in [7, 11) is 0. The van der Waals surface area contributed by atoms with Crippen LogP contribution in [-0.2, 0) is 6.42 Å². The molecule has 0 saturated heterocycles. The average molecular weight is 297 g/mol. The summed E-state index contributed by atoms with van der Waals surface area (Å²) in [5.41, 5.74) is 5.02. The normalized spacial score (nSPS) is 15.4. The maximum absolute atomic E-state index is 5.93. The largest absolute Gasteiger partial charge is 0.493 e. The van der Waals surface area contributed by atoms with E-state index in [4.69, 9.17) is 16.3 Å². The number of benzene rings is 2. The molecule has 106 valence electrons. The van der Waals surface area contributed by atoms with Crippen molar-refractivity contribution in [3.63, 3.8) is 0 Å². The van der Waals surface area contributed by atoms with Crippen molar-refractivity contribution in [3.8, 4) is 17.6 Å². The van der Waals surface area contributed by atoms with Gasteiger partial charge in [-0.05, 0) is 48.2 Å². The molecule has 0 aliphatic heterocycles. The zero-order chi connectivity index (χ0) is 14.7. The summed E-state index contributed by atoms with van der Waals surface area (Å²) in [5.74, 6) is 7.73. The molecular weight excluding hydrogens is 280 g/mol. The third kappa shape index (κ3) is 3.06. The Kier molecular flexibility index (Phi) is 4.18. The van der Waals surface area contributed by atoms with Crippen LogP contribution in [0.3, 0.4) is 0 Å². The highest BCUT2D eigenvalue weighted by atomic mass is 35.5. The minimum absolute atomic E-state index is 0.360. The number of hydrogen-bond acceptors (Lipinski definition) is 1. The van der Waals surface area contributed by atoms with Gasteiger partial charge in [-0.3, -0.25) is 0 Å². The van der Waals surface area contributed by atoms with Gasteiger partial charge in [-0.2, -0.15) is 0 Å². The molecule has 0 spiro atoms. The fourth-order valence-corrected chi connectivity index (χ4v) is 2.77. The first-order valence-electron chi connectivity index (χ1n) is 7.14. The Balaban J connectivity index is 1.63. The van der Waals surface area contributed by atoms with Crippen molar-refractivity contribution in [2.75, 3.05) is 12.5 Å². The molecule has 1 unspecified atom stereocenters. The van der Waals surface area contributed by atoms with Gasteiger partial charge in [-0.15, -0.1) is 11.6 Å². The van der Waals surface area contributed by atoms with E-state index in [1.54, 1.807) is 0 Å². The fraction of sp³-hybridized carbons (Fsp3) is 0.263. The molecule has 2 heteroatoms. The molecule has 0 saturated carbocycles. The third-order valence-corrected chi connectivity index (χ3v) is 4.03. The van der Waals surface area contributed by atoms with Gasteiger partial charge in [0.2, 0.25) is 0 Å². The van der Waals surface area contributed by atoms with E-state index >= 15 is 0 Å². The second-order valence-electron chi connectivity index (χ2n) is 5.32. The zero-order valence-corrected chi connectivity index (χ0v) is 12.8. The van der Waals surface area contributed by atoms with Crippen LogP contribution >= 0.6 is 11.6 Å². The minimum atomic E-state index is 0.360. The molecule has 0 heterocycles. The van der Waals surface area contributed by atoms with Gasteiger partial charge >= 0.3 is 0 Å². The van der Waals surface area contributed by atoms with Gasteiger partial charge in [0.25, 0.3) is 0 Å². The Morgan fingerprint density at radius 3 is 2.86 bits per heavy atom. The van der Waals surface area contributed by atoms with E-state index in [1.807, 2.05) is 25.1 Å². The van der Waals surface area contributed by atoms with Crippen LogP contribution in [0.15, 0.2) is 42.5 Å². The summed E-state index contributed by atoms with van der Waals surface area (Å²) < 4.78 is 5.93. The second-order valence-corrected chi connectivity index (χ2v) is 5.59. The topological polar surface area (TPSA) is 9.23 Å². The SMILES string of the molecule is Cc1cc(OCC2Cc3ccccc32)ccc1C#CCCl. The summed E-state index contributed by atoms with van der Waals surface area (Å²) in [6.45, 7) is 2.78. The molecule has 0 amide bonds. The maximum atomic E-state index is 5.93. The lowest BCUT2D eigenvalue weighted by atomic mass is 9.78. The molecule has 1 nitrogen and oxygen atoms in total. The Labute approximate surface area is 130 Å². The molecule has 3 rings (SSSR count). The van der Waals surface area contributed by atoms with Gasteiger partial charge in [0.15, 0.2) is 0 Å². The van der Waals surface area contributed by atoms with E-state index in [0.717, 1.165) is 29.9 Å². The van der Waals surface area contributed by atoms with Gasteiger partial charge in [0.1, 0.15) is 5.75 Å². The lowest BCUT2D eigenvalue weighted by Crippen LogP contribution is -2.23. The molecule has 0 radical (unpaired) electrons. The van der Waals surface area contributed by atoms with E-state index < -0.39 is 0 Å². The quantitative estimate of drug-likeness (QED) is 0.606. The number of alkyl halides is 1. The molecule has 21 heavy (non-hydrogen) atoms. The molecule has 0 aromatic heterocycles. The van der Waals surface area contributed by atoms with Crippen LogP contribution in [0.1, 0.15) is 28.2 Å². The number of halogens is 1. The lowest BCUT2D eigenvalue weighted by Gasteiger charge is -2.29. The van der Waals surface area contributed by atoms with E-state index in [9.17, 15) is 0 Å². The van der Waals surface area contributed by atoms with Crippen molar-refractivity contribution in [2.24, 2.45) is 0 Å². The molecule has 1 aliphatic rings. The van der Waals surface area contributed by atoms with Gasteiger partial charge < -0.3 is 4.74 Å². The lowest BCUT2D eigenvalue weighted by molar-refractivity contribution is 0.275. The minimum Gasteiger partial charge on any atom is -0.493 e. The molecular formula is C19H17ClO. The predicted octanol–water partition coefficient (Wildman–Crippen LogP) is 4.30. The van der Waals surface area contributed by atoms with E-state index in [2.05, 4.69) is 36.1 Å². The van der Waals surface area contributed by atoms with Gasteiger partial charge in [-0.25, -0.2) is 0 Å². The number of fused-ring (bicyclic) bond motifs is 1. The van der Waals surface area contributed by atoms with Crippen molar-refractivity contribution >= 4 is 11.6 Å². The van der Waals surface area contributed by atoms with Crippen molar-refractivity contribution in [2.45, 2.75) is 19.3 Å². The zero-order valence-electron chi connectivity index (χ0n) is 12.0. The highest BCUT2D eigenvalue weighted by Gasteiger charge is 2.25. The molecule has 2 aromatic rings. The molecule has 0 bridgehead atoms. The monoisotopic (exact) mass is 296 g/mol. The summed E-state index contributed by atoms with van der Waals surface area (Å²) in [4.78, 5) is 0. The standard InChI is InChI=1S/C19H17ClO/c1-14-11-18(9-8-15(14)6-4-10-20)21-13-17-12-16-5-2-3-7-19(16)17/h2-3,5,7-9,11,17H,10,12-13H2,1H3. The van der Waals surface area contributed by atoms with Crippen molar-refractivity contribution in [1.82, 2.24) is 0 Å². The van der Waals surface area contributed by atoms with Crippen LogP contribution in [0.25, 0.3) is 0 Å². The van der Waals surface area contributed by atoms with E-state index in [-0.39, 0.29) is 0 Å². The highest BCUT2D eigenvalue weighted by Crippen LogP contribution is 2.35. The maximum Gasteiger partial charge on any atom is 0.119 e. The van der Waals surface area contributed by atoms with Crippen LogP contribution in [0, 0.1) is 18.8 Å². The highest BCUT2D eigenvalue weighted by molar-refractivity contribution is 6.19. The van der Waals surface area contributed by atoms with E-state index in [0.29, 0.717) is 11.8 Å². The first-order chi connectivity index (χ1) is 10.3. The Hall–Kier alpha value is -1.91.